The van der Waals surface area contributed by atoms with Gasteiger partial charge in [-0.25, -0.2) is 9.97 Å². The van der Waals surface area contributed by atoms with Crippen molar-refractivity contribution in [2.45, 2.75) is 25.4 Å². The summed E-state index contributed by atoms with van der Waals surface area (Å²) in [6.07, 6.45) is 5.67. The summed E-state index contributed by atoms with van der Waals surface area (Å²) < 4.78 is 0. The Morgan fingerprint density at radius 1 is 1.55 bits per heavy atom. The molecule has 1 saturated carbocycles. The summed E-state index contributed by atoms with van der Waals surface area (Å²) in [5.74, 6) is 0.597. The Bertz CT molecular complexity index is 258. The topological polar surface area (TPSA) is 46.0 Å². The van der Waals surface area contributed by atoms with Gasteiger partial charge in [-0.3, -0.25) is 0 Å². The lowest BCUT2D eigenvalue weighted by Crippen LogP contribution is -1.96. The molecule has 1 aromatic heterocycles. The average Bonchev–Trinajstić information content (AvgIpc) is 2.87. The van der Waals surface area contributed by atoms with Crippen molar-refractivity contribution in [1.82, 2.24) is 9.97 Å². The van der Waals surface area contributed by atoms with Crippen LogP contribution in [0.3, 0.4) is 0 Å². The number of aromatic nitrogens is 2. The van der Waals surface area contributed by atoms with E-state index in [0.717, 1.165) is 11.3 Å². The maximum Gasteiger partial charge on any atom is 0.115 e. The van der Waals surface area contributed by atoms with Gasteiger partial charge in [-0.2, -0.15) is 0 Å². The fourth-order valence-corrected chi connectivity index (χ4v) is 1.21. The SMILES string of the molecule is OCc1cncnc1C1CC1. The van der Waals surface area contributed by atoms with Gasteiger partial charge in [0.15, 0.2) is 0 Å². The first-order valence-corrected chi connectivity index (χ1v) is 3.81. The lowest BCUT2D eigenvalue weighted by atomic mass is 10.2. The second-order valence-corrected chi connectivity index (χ2v) is 2.87. The monoisotopic (exact) mass is 150 g/mol. The van der Waals surface area contributed by atoms with Crippen molar-refractivity contribution in [3.63, 3.8) is 0 Å². The minimum Gasteiger partial charge on any atom is -0.392 e. The van der Waals surface area contributed by atoms with Gasteiger partial charge in [0.1, 0.15) is 6.33 Å². The average molecular weight is 150 g/mol. The minimum absolute atomic E-state index is 0.0622. The van der Waals surface area contributed by atoms with Crippen LogP contribution >= 0.6 is 0 Å². The fraction of sp³-hybridized carbons (Fsp3) is 0.500. The molecular formula is C8H10N2O. The lowest BCUT2D eigenvalue weighted by molar-refractivity contribution is 0.279. The molecule has 58 valence electrons. The standard InChI is InChI=1S/C8H10N2O/c11-4-7-3-9-5-10-8(7)6-1-2-6/h3,5-6,11H,1-2,4H2. The van der Waals surface area contributed by atoms with Crippen LogP contribution in [0.1, 0.15) is 30.0 Å². The number of rotatable bonds is 2. The molecule has 1 aliphatic rings. The van der Waals surface area contributed by atoms with Crippen LogP contribution in [-0.4, -0.2) is 15.1 Å². The summed E-state index contributed by atoms with van der Waals surface area (Å²) >= 11 is 0. The Morgan fingerprint density at radius 3 is 3.00 bits per heavy atom. The second-order valence-electron chi connectivity index (χ2n) is 2.87. The molecule has 0 atom stereocenters. The van der Waals surface area contributed by atoms with Gasteiger partial charge in [0.25, 0.3) is 0 Å². The van der Waals surface area contributed by atoms with Crippen LogP contribution in [0.4, 0.5) is 0 Å². The Hall–Kier alpha value is -0.960. The van der Waals surface area contributed by atoms with Crippen LogP contribution in [0, 0.1) is 0 Å². The zero-order valence-electron chi connectivity index (χ0n) is 6.20. The molecule has 3 heteroatoms. The van der Waals surface area contributed by atoms with E-state index in [4.69, 9.17) is 5.11 Å². The molecule has 1 aromatic rings. The molecule has 0 unspecified atom stereocenters. The molecule has 0 radical (unpaired) electrons. The molecular weight excluding hydrogens is 140 g/mol. The Kier molecular flexibility index (Phi) is 1.58. The predicted octanol–water partition coefficient (Wildman–Crippen LogP) is 0.846. The van der Waals surface area contributed by atoms with E-state index in [9.17, 15) is 0 Å². The third-order valence-electron chi connectivity index (χ3n) is 1.96. The summed E-state index contributed by atoms with van der Waals surface area (Å²) in [7, 11) is 0. The maximum absolute atomic E-state index is 8.92. The highest BCUT2D eigenvalue weighted by Crippen LogP contribution is 2.40. The van der Waals surface area contributed by atoms with Crippen molar-refractivity contribution in [3.8, 4) is 0 Å². The van der Waals surface area contributed by atoms with Crippen molar-refractivity contribution in [1.29, 1.82) is 0 Å². The van der Waals surface area contributed by atoms with Crippen LogP contribution in [0.2, 0.25) is 0 Å². The molecule has 1 fully saturated rings. The molecule has 0 aromatic carbocycles. The van der Waals surface area contributed by atoms with Crippen molar-refractivity contribution in [2.75, 3.05) is 0 Å². The first-order valence-electron chi connectivity index (χ1n) is 3.81. The highest BCUT2D eigenvalue weighted by atomic mass is 16.3. The molecule has 2 rings (SSSR count). The molecule has 1 N–H and O–H groups in total. The Balaban J connectivity index is 2.34. The van der Waals surface area contributed by atoms with E-state index in [-0.39, 0.29) is 6.61 Å². The van der Waals surface area contributed by atoms with E-state index in [0.29, 0.717) is 5.92 Å². The first kappa shape index (κ1) is 6.73. The molecule has 0 amide bonds. The molecule has 1 aliphatic carbocycles. The molecule has 1 heterocycles. The van der Waals surface area contributed by atoms with Gasteiger partial charge >= 0.3 is 0 Å². The number of aliphatic hydroxyl groups excluding tert-OH is 1. The van der Waals surface area contributed by atoms with Crippen LogP contribution in [0.25, 0.3) is 0 Å². The van der Waals surface area contributed by atoms with E-state index in [1.54, 1.807) is 12.5 Å². The van der Waals surface area contributed by atoms with Gasteiger partial charge < -0.3 is 5.11 Å². The summed E-state index contributed by atoms with van der Waals surface area (Å²) in [6, 6.07) is 0. The number of aliphatic hydroxyl groups is 1. The summed E-state index contributed by atoms with van der Waals surface area (Å²) in [6.45, 7) is 0.0622. The van der Waals surface area contributed by atoms with E-state index >= 15 is 0 Å². The third kappa shape index (κ3) is 1.24. The summed E-state index contributed by atoms with van der Waals surface area (Å²) in [5.41, 5.74) is 1.93. The van der Waals surface area contributed by atoms with Gasteiger partial charge in [0, 0.05) is 17.7 Å². The zero-order chi connectivity index (χ0) is 7.68. The highest BCUT2D eigenvalue weighted by Gasteiger charge is 2.26. The van der Waals surface area contributed by atoms with E-state index < -0.39 is 0 Å². The maximum atomic E-state index is 8.92. The Morgan fingerprint density at radius 2 is 2.36 bits per heavy atom. The number of nitrogens with zero attached hydrogens (tertiary/aromatic N) is 2. The molecule has 0 aliphatic heterocycles. The second kappa shape index (κ2) is 2.58. The molecule has 0 saturated heterocycles. The minimum atomic E-state index is 0.0622. The van der Waals surface area contributed by atoms with Crippen LogP contribution in [0.15, 0.2) is 12.5 Å². The summed E-state index contributed by atoms with van der Waals surface area (Å²) in [5, 5.41) is 8.92. The van der Waals surface area contributed by atoms with Gasteiger partial charge in [-0.05, 0) is 12.8 Å². The first-order chi connectivity index (χ1) is 5.42. The van der Waals surface area contributed by atoms with Crippen molar-refractivity contribution in [2.24, 2.45) is 0 Å². The number of hydrogen-bond donors (Lipinski definition) is 1. The Labute approximate surface area is 65.1 Å². The van der Waals surface area contributed by atoms with Gasteiger partial charge in [-0.1, -0.05) is 0 Å². The van der Waals surface area contributed by atoms with Crippen LogP contribution in [-0.2, 0) is 6.61 Å². The highest BCUT2D eigenvalue weighted by molar-refractivity contribution is 5.22. The molecule has 11 heavy (non-hydrogen) atoms. The van der Waals surface area contributed by atoms with Crippen molar-refractivity contribution >= 4 is 0 Å². The van der Waals surface area contributed by atoms with E-state index in [2.05, 4.69) is 9.97 Å². The predicted molar refractivity (Wildman–Crippen MR) is 39.9 cm³/mol. The molecule has 3 nitrogen and oxygen atoms in total. The smallest absolute Gasteiger partial charge is 0.115 e. The number of hydrogen-bond acceptors (Lipinski definition) is 3. The zero-order valence-corrected chi connectivity index (χ0v) is 6.20. The van der Waals surface area contributed by atoms with Crippen LogP contribution < -0.4 is 0 Å². The van der Waals surface area contributed by atoms with Gasteiger partial charge in [0.05, 0.1) is 12.3 Å². The van der Waals surface area contributed by atoms with E-state index in [1.807, 2.05) is 0 Å². The fourth-order valence-electron chi connectivity index (χ4n) is 1.21. The lowest BCUT2D eigenvalue weighted by Gasteiger charge is -2.01. The van der Waals surface area contributed by atoms with Crippen molar-refractivity contribution < 1.29 is 5.11 Å². The largest absolute Gasteiger partial charge is 0.392 e. The molecule has 0 bridgehead atoms. The normalized spacial score (nSPS) is 16.8. The van der Waals surface area contributed by atoms with Gasteiger partial charge in [-0.15, -0.1) is 0 Å². The third-order valence-corrected chi connectivity index (χ3v) is 1.96. The van der Waals surface area contributed by atoms with Crippen molar-refractivity contribution in [3.05, 3.63) is 23.8 Å². The van der Waals surface area contributed by atoms with Crippen LogP contribution in [0.5, 0.6) is 0 Å². The van der Waals surface area contributed by atoms with E-state index in [1.165, 1.54) is 12.8 Å². The summed E-state index contributed by atoms with van der Waals surface area (Å²) in [4.78, 5) is 8.00. The quantitative estimate of drug-likeness (QED) is 0.679. The van der Waals surface area contributed by atoms with Gasteiger partial charge in [0.2, 0.25) is 0 Å². The molecule has 0 spiro atoms.